The molecule has 1 aliphatic carbocycles. The van der Waals surface area contributed by atoms with Gasteiger partial charge in [-0.05, 0) is 76.8 Å². The van der Waals surface area contributed by atoms with Crippen molar-refractivity contribution in [3.05, 3.63) is 35.4 Å². The second kappa shape index (κ2) is 6.42. The molecule has 0 atom stereocenters. The second-order valence-electron chi connectivity index (χ2n) is 8.91. The number of likely N-dealkylation sites (tertiary alicyclic amines) is 1. The fraction of sp³-hybridized carbons (Fsp3) is 0.667. The molecule has 2 aliphatic rings. The number of carbonyl (C=O) groups excluding carboxylic acids is 1. The molecule has 0 aromatic heterocycles. The van der Waals surface area contributed by atoms with Crippen LogP contribution in [0.5, 0.6) is 0 Å². The van der Waals surface area contributed by atoms with Gasteiger partial charge in [0.15, 0.2) is 0 Å². The van der Waals surface area contributed by atoms with Crippen molar-refractivity contribution >= 4 is 6.09 Å². The first-order valence-corrected chi connectivity index (χ1v) is 9.29. The number of benzene rings is 1. The predicted octanol–water partition coefficient (Wildman–Crippen LogP) is 4.96. The number of rotatable bonds is 2. The molecule has 2 fully saturated rings. The molecule has 132 valence electrons. The molecule has 0 bridgehead atoms. The van der Waals surface area contributed by atoms with Gasteiger partial charge in [0.25, 0.3) is 0 Å². The van der Waals surface area contributed by atoms with Gasteiger partial charge in [-0.2, -0.15) is 0 Å². The lowest BCUT2D eigenvalue weighted by Gasteiger charge is -2.53. The zero-order chi connectivity index (χ0) is 17.4. The lowest BCUT2D eigenvalue weighted by atomic mass is 9.65. The molecule has 1 aromatic rings. The zero-order valence-electron chi connectivity index (χ0n) is 15.6. The van der Waals surface area contributed by atoms with E-state index >= 15 is 0 Å². The Labute approximate surface area is 146 Å². The Morgan fingerprint density at radius 1 is 1.21 bits per heavy atom. The summed E-state index contributed by atoms with van der Waals surface area (Å²) in [6.45, 7) is 9.77. The van der Waals surface area contributed by atoms with Gasteiger partial charge >= 0.3 is 6.09 Å². The molecule has 1 aliphatic heterocycles. The summed E-state index contributed by atoms with van der Waals surface area (Å²) in [6.07, 6.45) is 6.15. The van der Waals surface area contributed by atoms with Crippen molar-refractivity contribution in [1.29, 1.82) is 0 Å². The molecular weight excluding hydrogens is 298 g/mol. The highest BCUT2D eigenvalue weighted by Gasteiger charge is 2.47. The molecule has 3 heteroatoms. The Morgan fingerprint density at radius 3 is 2.42 bits per heavy atom. The number of ether oxygens (including phenoxy) is 1. The van der Waals surface area contributed by atoms with Crippen LogP contribution in [0.4, 0.5) is 4.79 Å². The Balaban J connectivity index is 1.47. The predicted molar refractivity (Wildman–Crippen MR) is 97.1 cm³/mol. The lowest BCUT2D eigenvalue weighted by Crippen LogP contribution is -2.60. The van der Waals surface area contributed by atoms with Crippen molar-refractivity contribution < 1.29 is 9.53 Å². The number of aryl methyl sites for hydroxylation is 1. The average Bonchev–Trinajstić information content (AvgIpc) is 2.46. The molecule has 0 radical (unpaired) electrons. The van der Waals surface area contributed by atoms with Gasteiger partial charge in [0.2, 0.25) is 0 Å². The van der Waals surface area contributed by atoms with Crippen LogP contribution in [-0.2, 0) is 11.2 Å². The largest absolute Gasteiger partial charge is 0.444 e. The Hall–Kier alpha value is -1.51. The third-order valence-corrected chi connectivity index (χ3v) is 5.64. The number of amides is 1. The molecule has 3 rings (SSSR count). The van der Waals surface area contributed by atoms with Gasteiger partial charge in [-0.15, -0.1) is 0 Å². The van der Waals surface area contributed by atoms with Crippen molar-refractivity contribution in [3.63, 3.8) is 0 Å². The van der Waals surface area contributed by atoms with Gasteiger partial charge < -0.3 is 9.64 Å². The summed E-state index contributed by atoms with van der Waals surface area (Å²) >= 11 is 0. The fourth-order valence-electron chi connectivity index (χ4n) is 4.18. The Bertz CT molecular complexity index is 586. The van der Waals surface area contributed by atoms with E-state index in [0.717, 1.165) is 19.0 Å². The molecule has 24 heavy (non-hydrogen) atoms. The third kappa shape index (κ3) is 3.93. The van der Waals surface area contributed by atoms with Crippen LogP contribution < -0.4 is 0 Å². The van der Waals surface area contributed by atoms with Crippen LogP contribution in [0.3, 0.4) is 0 Å². The third-order valence-electron chi connectivity index (χ3n) is 5.64. The summed E-state index contributed by atoms with van der Waals surface area (Å²) in [4.78, 5) is 14.0. The highest BCUT2D eigenvalue weighted by molar-refractivity contribution is 5.69. The average molecular weight is 329 g/mol. The van der Waals surface area contributed by atoms with Gasteiger partial charge in [0.05, 0.1) is 0 Å². The topological polar surface area (TPSA) is 29.5 Å². The standard InChI is InChI=1S/C21H31NO2/c1-16-7-5-6-8-18(16)13-17-9-11-21(12-10-17)14-22(15-21)19(23)24-20(2,3)4/h5-8,17H,9-15H2,1-4H3. The number of carbonyl (C=O) groups is 1. The van der Waals surface area contributed by atoms with Crippen LogP contribution in [0.1, 0.15) is 57.6 Å². The summed E-state index contributed by atoms with van der Waals surface area (Å²) in [6, 6.07) is 8.75. The molecule has 3 nitrogen and oxygen atoms in total. The van der Waals surface area contributed by atoms with Crippen molar-refractivity contribution in [2.24, 2.45) is 11.3 Å². The van der Waals surface area contributed by atoms with E-state index < -0.39 is 5.60 Å². The van der Waals surface area contributed by atoms with Crippen LogP contribution in [-0.4, -0.2) is 29.7 Å². The SMILES string of the molecule is Cc1ccccc1CC1CCC2(CC1)CN(C(=O)OC(C)(C)C)C2. The minimum atomic E-state index is -0.398. The molecule has 1 saturated carbocycles. The monoisotopic (exact) mass is 329 g/mol. The van der Waals surface area contributed by atoms with E-state index in [1.807, 2.05) is 25.7 Å². The molecule has 1 spiro atoms. The Kier molecular flexibility index (Phi) is 4.63. The van der Waals surface area contributed by atoms with Crippen molar-refractivity contribution in [2.75, 3.05) is 13.1 Å². The molecule has 1 amide bonds. The van der Waals surface area contributed by atoms with E-state index in [4.69, 9.17) is 4.74 Å². The van der Waals surface area contributed by atoms with Crippen molar-refractivity contribution in [2.45, 2.75) is 65.4 Å². The van der Waals surface area contributed by atoms with Crippen molar-refractivity contribution in [3.8, 4) is 0 Å². The van der Waals surface area contributed by atoms with Crippen molar-refractivity contribution in [1.82, 2.24) is 4.90 Å². The minimum Gasteiger partial charge on any atom is -0.444 e. The summed E-state index contributed by atoms with van der Waals surface area (Å²) in [5.74, 6) is 0.798. The van der Waals surface area contributed by atoms with Gasteiger partial charge in [-0.3, -0.25) is 0 Å². The maximum absolute atomic E-state index is 12.1. The normalized spacial score (nSPS) is 20.8. The van der Waals surface area contributed by atoms with Gasteiger partial charge in [-0.1, -0.05) is 24.3 Å². The van der Waals surface area contributed by atoms with Gasteiger partial charge in [0, 0.05) is 18.5 Å². The smallest absolute Gasteiger partial charge is 0.410 e. The minimum absolute atomic E-state index is 0.143. The Morgan fingerprint density at radius 2 is 1.83 bits per heavy atom. The zero-order valence-corrected chi connectivity index (χ0v) is 15.6. The van der Waals surface area contributed by atoms with E-state index in [-0.39, 0.29) is 6.09 Å². The summed E-state index contributed by atoms with van der Waals surface area (Å²) in [5, 5.41) is 0. The fourth-order valence-corrected chi connectivity index (χ4v) is 4.18. The van der Waals surface area contributed by atoms with Crippen LogP contribution >= 0.6 is 0 Å². The van der Waals surface area contributed by atoms with E-state index in [1.54, 1.807) is 0 Å². The van der Waals surface area contributed by atoms with E-state index in [1.165, 1.54) is 43.2 Å². The van der Waals surface area contributed by atoms with Crippen LogP contribution in [0.25, 0.3) is 0 Å². The maximum Gasteiger partial charge on any atom is 0.410 e. The highest BCUT2D eigenvalue weighted by Crippen LogP contribution is 2.46. The molecule has 0 unspecified atom stereocenters. The first-order valence-electron chi connectivity index (χ1n) is 9.29. The van der Waals surface area contributed by atoms with E-state index in [9.17, 15) is 4.79 Å². The van der Waals surface area contributed by atoms with Crippen LogP contribution in [0, 0.1) is 18.3 Å². The second-order valence-corrected chi connectivity index (χ2v) is 8.91. The summed E-state index contributed by atoms with van der Waals surface area (Å²) < 4.78 is 5.48. The van der Waals surface area contributed by atoms with Gasteiger partial charge in [0.1, 0.15) is 5.60 Å². The quantitative estimate of drug-likeness (QED) is 0.767. The molecule has 1 heterocycles. The first kappa shape index (κ1) is 17.3. The van der Waals surface area contributed by atoms with E-state index in [0.29, 0.717) is 5.41 Å². The number of hydrogen-bond acceptors (Lipinski definition) is 2. The lowest BCUT2D eigenvalue weighted by molar-refractivity contribution is -0.0542. The first-order chi connectivity index (χ1) is 11.3. The molecular formula is C21H31NO2. The summed E-state index contributed by atoms with van der Waals surface area (Å²) in [7, 11) is 0. The molecule has 1 aromatic carbocycles. The van der Waals surface area contributed by atoms with Gasteiger partial charge in [-0.25, -0.2) is 4.79 Å². The van der Waals surface area contributed by atoms with Crippen LogP contribution in [0.15, 0.2) is 24.3 Å². The molecule has 0 N–H and O–H groups in total. The van der Waals surface area contributed by atoms with Crippen LogP contribution in [0.2, 0.25) is 0 Å². The maximum atomic E-state index is 12.1. The highest BCUT2D eigenvalue weighted by atomic mass is 16.6. The summed E-state index contributed by atoms with van der Waals surface area (Å²) in [5.41, 5.74) is 2.89. The number of hydrogen-bond donors (Lipinski definition) is 0. The molecule has 1 saturated heterocycles. The van der Waals surface area contributed by atoms with E-state index in [2.05, 4.69) is 31.2 Å². The number of nitrogens with zero attached hydrogens (tertiary/aromatic N) is 1.